The molecule has 0 amide bonds. The minimum Gasteiger partial charge on any atom is -0.227 e. The second-order valence-electron chi connectivity index (χ2n) is 3.73. The van der Waals surface area contributed by atoms with Crippen molar-refractivity contribution in [3.63, 3.8) is 0 Å². The fraction of sp³-hybridized carbons (Fsp3) is 0.875. The summed E-state index contributed by atoms with van der Waals surface area (Å²) in [5.41, 5.74) is 0. The van der Waals surface area contributed by atoms with Gasteiger partial charge in [-0.2, -0.15) is 17.6 Å². The van der Waals surface area contributed by atoms with Crippen LogP contribution in [0.2, 0.25) is 0 Å². The third kappa shape index (κ3) is 1.03. The van der Waals surface area contributed by atoms with Crippen molar-refractivity contribution in [1.29, 1.82) is 0 Å². The van der Waals surface area contributed by atoms with Crippen molar-refractivity contribution in [3.05, 3.63) is 0 Å². The Morgan fingerprint density at radius 1 is 1.19 bits per heavy atom. The van der Waals surface area contributed by atoms with Gasteiger partial charge in [-0.05, 0) is 23.0 Å². The monoisotopic (exact) mass is 472 g/mol. The van der Waals surface area contributed by atoms with Crippen molar-refractivity contribution in [2.75, 3.05) is 0 Å². The standard InChI is InChI=1S/C8H8F6I2/c1-3-4-5(9,10)7(12,13)8(14)6(4,11)16(2)15-8/h4H,2-3H2,1H3. The lowest BCUT2D eigenvalue weighted by Crippen LogP contribution is -2.52. The first kappa shape index (κ1) is 13.3. The van der Waals surface area contributed by atoms with E-state index in [1.165, 1.54) is 6.92 Å². The minimum absolute atomic E-state index is 0.488. The van der Waals surface area contributed by atoms with Crippen LogP contribution in [0.5, 0.6) is 0 Å². The highest BCUT2D eigenvalue weighted by molar-refractivity contribution is 14.8. The second-order valence-corrected chi connectivity index (χ2v) is 18.3. The number of alkyl halides is 8. The fourth-order valence-electron chi connectivity index (χ4n) is 2.10. The minimum atomic E-state index is -4.87. The summed E-state index contributed by atoms with van der Waals surface area (Å²) in [6, 6.07) is 0. The van der Waals surface area contributed by atoms with Crippen LogP contribution < -0.4 is 0 Å². The van der Waals surface area contributed by atoms with Crippen LogP contribution in [0, 0.1) is 5.92 Å². The zero-order valence-corrected chi connectivity index (χ0v) is 12.3. The van der Waals surface area contributed by atoms with Gasteiger partial charge in [0.15, 0.2) is 0 Å². The molecule has 0 spiro atoms. The molecule has 0 aromatic heterocycles. The topological polar surface area (TPSA) is 0 Å². The molecule has 3 atom stereocenters. The number of hydrogen-bond acceptors (Lipinski definition) is 0. The molecule has 1 aliphatic carbocycles. The van der Waals surface area contributed by atoms with Gasteiger partial charge in [0, 0.05) is 0 Å². The average molecular weight is 472 g/mol. The Morgan fingerprint density at radius 3 is 2.00 bits per heavy atom. The molecule has 1 saturated carbocycles. The molecule has 0 aromatic rings. The highest BCUT2D eigenvalue weighted by Gasteiger charge is 2.92. The van der Waals surface area contributed by atoms with Crippen LogP contribution in [0.25, 0.3) is 0 Å². The average Bonchev–Trinajstić information content (AvgIpc) is 2.22. The van der Waals surface area contributed by atoms with E-state index >= 15 is 0 Å². The van der Waals surface area contributed by atoms with Gasteiger partial charge in [-0.1, -0.05) is 26.2 Å². The van der Waals surface area contributed by atoms with E-state index in [4.69, 9.17) is 0 Å². The predicted molar refractivity (Wildman–Crippen MR) is 66.5 cm³/mol. The van der Waals surface area contributed by atoms with E-state index in [-0.39, 0.29) is 0 Å². The van der Waals surface area contributed by atoms with Crippen molar-refractivity contribution in [3.8, 4) is 0 Å². The Morgan fingerprint density at radius 2 is 1.69 bits per heavy atom. The van der Waals surface area contributed by atoms with E-state index in [1.54, 1.807) is 0 Å². The third-order valence-corrected chi connectivity index (χ3v) is 20.8. The maximum absolute atomic E-state index is 14.2. The molecule has 1 heterocycles. The van der Waals surface area contributed by atoms with Crippen molar-refractivity contribution < 1.29 is 26.3 Å². The summed E-state index contributed by atoms with van der Waals surface area (Å²) in [5, 5.41) is 0. The highest BCUT2D eigenvalue weighted by Crippen LogP contribution is 2.83. The van der Waals surface area contributed by atoms with Gasteiger partial charge in [0.1, 0.15) is 0 Å². The van der Waals surface area contributed by atoms with Gasteiger partial charge in [0.05, 0.1) is 5.92 Å². The maximum atomic E-state index is 14.2. The van der Waals surface area contributed by atoms with Crippen molar-refractivity contribution in [2.24, 2.45) is 5.92 Å². The van der Waals surface area contributed by atoms with Gasteiger partial charge in [-0.25, -0.2) is 8.78 Å². The lowest BCUT2D eigenvalue weighted by atomic mass is 10.0. The maximum Gasteiger partial charge on any atom is 0.356 e. The van der Waals surface area contributed by atoms with Gasteiger partial charge < -0.3 is 0 Å². The molecule has 2 rings (SSSR count). The molecule has 8 heteroatoms. The molecule has 96 valence electrons. The summed E-state index contributed by atoms with van der Waals surface area (Å²) in [7, 11) is 0. The lowest BCUT2D eigenvalue weighted by Gasteiger charge is -2.40. The van der Waals surface area contributed by atoms with Gasteiger partial charge >= 0.3 is 11.8 Å². The van der Waals surface area contributed by atoms with Crippen LogP contribution in [0.1, 0.15) is 13.3 Å². The van der Waals surface area contributed by atoms with Gasteiger partial charge in [-0.3, -0.25) is 0 Å². The number of hydrogen-bond donors (Lipinski definition) is 0. The fourth-order valence-corrected chi connectivity index (χ4v) is 20.5. The van der Waals surface area contributed by atoms with E-state index < -0.39 is 62.9 Å². The molecular weight excluding hydrogens is 464 g/mol. The van der Waals surface area contributed by atoms with E-state index in [0.29, 0.717) is 0 Å². The zero-order valence-electron chi connectivity index (χ0n) is 8.02. The quantitative estimate of drug-likeness (QED) is 0.301. The first-order chi connectivity index (χ1) is 7.07. The summed E-state index contributed by atoms with van der Waals surface area (Å²) in [5.74, 6) is -11.7. The summed E-state index contributed by atoms with van der Waals surface area (Å²) >= 11 is -4.68. The van der Waals surface area contributed by atoms with Crippen LogP contribution in [-0.2, 0) is 0 Å². The highest BCUT2D eigenvalue weighted by atomic mass is 128. The normalized spacial score (nSPS) is 49.8. The van der Waals surface area contributed by atoms with Crippen LogP contribution in [-0.4, -0.2) is 23.7 Å². The van der Waals surface area contributed by atoms with E-state index in [2.05, 4.69) is 4.51 Å². The molecular formula is C8H8F6I2. The Bertz CT molecular complexity index is 426. The molecule has 1 aliphatic heterocycles. The van der Waals surface area contributed by atoms with E-state index in [1.807, 2.05) is 0 Å². The van der Waals surface area contributed by atoms with Crippen LogP contribution in [0.4, 0.5) is 26.3 Å². The molecule has 0 aromatic carbocycles. The van der Waals surface area contributed by atoms with E-state index in [0.717, 1.165) is 0 Å². The lowest BCUT2D eigenvalue weighted by molar-refractivity contribution is -0.225. The molecule has 0 saturated heterocycles. The summed E-state index contributed by atoms with van der Waals surface area (Å²) < 4.78 is 78.3. The molecule has 1 fully saturated rings. The molecule has 3 unspecified atom stereocenters. The smallest absolute Gasteiger partial charge is 0.227 e. The predicted octanol–water partition coefficient (Wildman–Crippen LogP) is 4.47. The first-order valence-corrected chi connectivity index (χ1v) is 14.3. The zero-order chi connectivity index (χ0) is 12.6. The summed E-state index contributed by atoms with van der Waals surface area (Å²) in [6.45, 7) is 1.18. The van der Waals surface area contributed by atoms with E-state index in [9.17, 15) is 26.3 Å². The molecule has 0 nitrogen and oxygen atoms in total. The van der Waals surface area contributed by atoms with Gasteiger partial charge in [0.2, 0.25) is 3.68 Å². The van der Waals surface area contributed by atoms with Gasteiger partial charge in [-0.15, -0.1) is 0 Å². The number of halogens is 8. The Kier molecular flexibility index (Phi) is 2.72. The Labute approximate surface area is 100 Å². The van der Waals surface area contributed by atoms with Crippen LogP contribution >= 0.6 is 31.3 Å². The van der Waals surface area contributed by atoms with Crippen molar-refractivity contribution in [2.45, 2.75) is 32.5 Å². The molecule has 0 radical (unpaired) electrons. The second kappa shape index (κ2) is 3.27. The Balaban J connectivity index is 2.71. The largest absolute Gasteiger partial charge is 0.356 e. The molecule has 0 N–H and O–H groups in total. The number of rotatable bonds is 1. The number of fused-ring (bicyclic) bond motifs is 1. The molecule has 0 bridgehead atoms. The first-order valence-electron chi connectivity index (χ1n) is 4.36. The van der Waals surface area contributed by atoms with Crippen LogP contribution in [0.15, 0.2) is 0 Å². The SMILES string of the molecule is C=I1=IC2(F)C1(F)C(CC)C(F)(F)C2(F)F. The summed E-state index contributed by atoms with van der Waals surface area (Å²) in [6.07, 6.45) is -0.488. The third-order valence-electron chi connectivity index (χ3n) is 3.00. The molecule has 2 aliphatic rings. The van der Waals surface area contributed by atoms with Crippen molar-refractivity contribution in [1.82, 2.24) is 0 Å². The van der Waals surface area contributed by atoms with Gasteiger partial charge in [0.25, 0.3) is 3.68 Å². The Hall–Kier alpha value is 0.910. The van der Waals surface area contributed by atoms with Crippen molar-refractivity contribution >= 4 is 35.8 Å². The van der Waals surface area contributed by atoms with Crippen LogP contribution in [0.3, 0.4) is 0 Å². The summed E-state index contributed by atoms with van der Waals surface area (Å²) in [4.78, 5) is 0. The molecule has 16 heavy (non-hydrogen) atoms.